The molecule has 31 heavy (non-hydrogen) atoms. The zero-order chi connectivity index (χ0) is 21.7. The molecule has 0 saturated carbocycles. The first-order valence-corrected chi connectivity index (χ1v) is 10.3. The van der Waals surface area contributed by atoms with Gasteiger partial charge in [-0.1, -0.05) is 12.1 Å². The van der Waals surface area contributed by atoms with Gasteiger partial charge < -0.3 is 9.47 Å². The Labute approximate surface area is 179 Å². The van der Waals surface area contributed by atoms with Crippen molar-refractivity contribution < 1.29 is 18.3 Å². The predicted octanol–water partition coefficient (Wildman–Crippen LogP) is 5.28. The van der Waals surface area contributed by atoms with Crippen molar-refractivity contribution in [2.75, 3.05) is 7.11 Å². The SMILES string of the molecule is COc1ccccc1O[C@@H](C)c1nc2c3sc4nc(C(F)F)cc(C)c4c3ncn2n1. The summed E-state index contributed by atoms with van der Waals surface area (Å²) in [7, 11) is 1.58. The molecule has 4 heterocycles. The number of ether oxygens (including phenoxy) is 2. The van der Waals surface area contributed by atoms with Crippen LogP contribution in [0.5, 0.6) is 11.5 Å². The summed E-state index contributed by atoms with van der Waals surface area (Å²) in [5.74, 6) is 1.67. The van der Waals surface area contributed by atoms with E-state index < -0.39 is 12.5 Å². The molecule has 0 aliphatic carbocycles. The van der Waals surface area contributed by atoms with Gasteiger partial charge >= 0.3 is 0 Å². The van der Waals surface area contributed by atoms with Crippen molar-refractivity contribution in [1.82, 2.24) is 24.6 Å². The van der Waals surface area contributed by atoms with E-state index >= 15 is 0 Å². The minimum absolute atomic E-state index is 0.242. The summed E-state index contributed by atoms with van der Waals surface area (Å²) in [5, 5.41) is 5.26. The van der Waals surface area contributed by atoms with Gasteiger partial charge in [-0.05, 0) is 37.6 Å². The number of benzene rings is 1. The van der Waals surface area contributed by atoms with E-state index in [4.69, 9.17) is 9.47 Å². The maximum Gasteiger partial charge on any atom is 0.280 e. The highest BCUT2D eigenvalue weighted by Gasteiger charge is 2.21. The van der Waals surface area contributed by atoms with Gasteiger partial charge in [-0.15, -0.1) is 16.4 Å². The van der Waals surface area contributed by atoms with Crippen molar-refractivity contribution in [2.45, 2.75) is 26.4 Å². The van der Waals surface area contributed by atoms with Crippen molar-refractivity contribution >= 4 is 37.4 Å². The van der Waals surface area contributed by atoms with Crippen LogP contribution < -0.4 is 9.47 Å². The lowest BCUT2D eigenvalue weighted by Crippen LogP contribution is -2.06. The molecular weight excluding hydrogens is 424 g/mol. The van der Waals surface area contributed by atoms with Crippen LogP contribution in [0.1, 0.15) is 36.5 Å². The maximum atomic E-state index is 13.2. The van der Waals surface area contributed by atoms with E-state index in [2.05, 4.69) is 20.1 Å². The second-order valence-corrected chi connectivity index (χ2v) is 8.02. The number of halogens is 2. The summed E-state index contributed by atoms with van der Waals surface area (Å²) in [6.07, 6.45) is -1.52. The molecular formula is C21H17F2N5O2S. The number of aryl methyl sites for hydroxylation is 1. The average Bonchev–Trinajstić information content (AvgIpc) is 3.35. The Morgan fingerprint density at radius 2 is 1.90 bits per heavy atom. The van der Waals surface area contributed by atoms with Gasteiger partial charge in [0.05, 0.1) is 12.6 Å². The summed E-state index contributed by atoms with van der Waals surface area (Å²) >= 11 is 1.28. The van der Waals surface area contributed by atoms with Gasteiger partial charge in [-0.2, -0.15) is 0 Å². The monoisotopic (exact) mass is 441 g/mol. The van der Waals surface area contributed by atoms with Crippen LogP contribution in [-0.4, -0.2) is 31.7 Å². The number of methoxy groups -OCH3 is 1. The molecule has 0 N–H and O–H groups in total. The minimum atomic E-state index is -2.63. The lowest BCUT2D eigenvalue weighted by molar-refractivity contribution is 0.146. The average molecular weight is 441 g/mol. The zero-order valence-corrected chi connectivity index (χ0v) is 17.7. The molecule has 0 fully saturated rings. The second kappa shape index (κ2) is 7.38. The fourth-order valence-electron chi connectivity index (χ4n) is 3.49. The van der Waals surface area contributed by atoms with Crippen LogP contribution in [0.2, 0.25) is 0 Å². The minimum Gasteiger partial charge on any atom is -0.493 e. The molecule has 0 amide bonds. The molecule has 1 aromatic carbocycles. The molecule has 7 nitrogen and oxygen atoms in total. The maximum absolute atomic E-state index is 13.2. The van der Waals surface area contributed by atoms with Gasteiger partial charge in [0.25, 0.3) is 6.43 Å². The van der Waals surface area contributed by atoms with Crippen LogP contribution in [0.15, 0.2) is 36.7 Å². The Kier molecular flexibility index (Phi) is 4.66. The Hall–Kier alpha value is -3.40. The molecule has 10 heteroatoms. The van der Waals surface area contributed by atoms with Crippen molar-refractivity contribution in [1.29, 1.82) is 0 Å². The number of aromatic nitrogens is 5. The van der Waals surface area contributed by atoms with E-state index in [0.717, 1.165) is 10.1 Å². The number of pyridine rings is 1. The molecule has 5 rings (SSSR count). The van der Waals surface area contributed by atoms with Crippen molar-refractivity contribution in [3.05, 3.63) is 53.7 Å². The second-order valence-electron chi connectivity index (χ2n) is 7.02. The van der Waals surface area contributed by atoms with Crippen molar-refractivity contribution in [3.63, 3.8) is 0 Å². The van der Waals surface area contributed by atoms with Crippen LogP contribution >= 0.6 is 11.3 Å². The number of alkyl halides is 2. The summed E-state index contributed by atoms with van der Waals surface area (Å²) in [5.41, 5.74) is 1.72. The van der Waals surface area contributed by atoms with Crippen molar-refractivity contribution in [2.24, 2.45) is 0 Å². The van der Waals surface area contributed by atoms with E-state index in [1.807, 2.05) is 31.2 Å². The molecule has 158 valence electrons. The van der Waals surface area contributed by atoms with Gasteiger partial charge in [0.1, 0.15) is 21.6 Å². The smallest absolute Gasteiger partial charge is 0.280 e. The van der Waals surface area contributed by atoms with Gasteiger partial charge in [-0.25, -0.2) is 28.2 Å². The summed E-state index contributed by atoms with van der Waals surface area (Å²) in [6, 6.07) is 8.75. The van der Waals surface area contributed by atoms with Gasteiger partial charge in [0, 0.05) is 5.39 Å². The Morgan fingerprint density at radius 1 is 1.13 bits per heavy atom. The van der Waals surface area contributed by atoms with E-state index in [0.29, 0.717) is 38.9 Å². The van der Waals surface area contributed by atoms with E-state index in [1.165, 1.54) is 17.4 Å². The molecule has 0 spiro atoms. The first-order valence-electron chi connectivity index (χ1n) is 9.49. The van der Waals surface area contributed by atoms with Gasteiger partial charge in [0.15, 0.2) is 29.1 Å². The highest BCUT2D eigenvalue weighted by molar-refractivity contribution is 7.26. The molecule has 0 aliphatic heterocycles. The van der Waals surface area contributed by atoms with Crippen LogP contribution in [0.3, 0.4) is 0 Å². The highest BCUT2D eigenvalue weighted by atomic mass is 32.1. The Morgan fingerprint density at radius 3 is 2.65 bits per heavy atom. The number of fused-ring (bicyclic) bond motifs is 5. The third-order valence-electron chi connectivity index (χ3n) is 4.96. The number of nitrogens with zero attached hydrogens (tertiary/aromatic N) is 5. The molecule has 0 radical (unpaired) electrons. The van der Waals surface area contributed by atoms with Crippen LogP contribution in [0, 0.1) is 6.92 Å². The Balaban J connectivity index is 1.60. The zero-order valence-electron chi connectivity index (χ0n) is 16.8. The third kappa shape index (κ3) is 3.23. The standard InChI is InChI=1S/C21H17F2N5O2S/c1-10-8-12(18(22)23)25-21-15(10)16-17(31-21)20-26-19(27-28(20)9-24-16)11(2)30-14-7-5-4-6-13(14)29-3/h4-9,11,18H,1-3H3/t11-/m0/s1. The lowest BCUT2D eigenvalue weighted by atomic mass is 10.1. The quantitative estimate of drug-likeness (QED) is 0.369. The normalized spacial score (nSPS) is 12.8. The summed E-state index contributed by atoms with van der Waals surface area (Å²) in [4.78, 5) is 13.8. The van der Waals surface area contributed by atoms with Gasteiger partial charge in [0.2, 0.25) is 0 Å². The third-order valence-corrected chi connectivity index (χ3v) is 6.03. The van der Waals surface area contributed by atoms with E-state index in [-0.39, 0.29) is 5.69 Å². The number of hydrogen-bond acceptors (Lipinski definition) is 7. The molecule has 0 aliphatic rings. The van der Waals surface area contributed by atoms with Crippen LogP contribution in [0.4, 0.5) is 8.78 Å². The van der Waals surface area contributed by atoms with Crippen LogP contribution in [0.25, 0.3) is 26.1 Å². The fourth-order valence-corrected chi connectivity index (χ4v) is 4.68. The number of thiophene rings is 1. The summed E-state index contributed by atoms with van der Waals surface area (Å²) < 4.78 is 40.0. The first kappa shape index (κ1) is 19.6. The number of rotatable bonds is 5. The highest BCUT2D eigenvalue weighted by Crippen LogP contribution is 2.37. The number of hydrogen-bond donors (Lipinski definition) is 0. The van der Waals surface area contributed by atoms with Gasteiger partial charge in [-0.3, -0.25) is 0 Å². The predicted molar refractivity (Wildman–Crippen MR) is 113 cm³/mol. The lowest BCUT2D eigenvalue weighted by Gasteiger charge is -2.14. The van der Waals surface area contributed by atoms with E-state index in [9.17, 15) is 8.78 Å². The van der Waals surface area contributed by atoms with Crippen molar-refractivity contribution in [3.8, 4) is 11.5 Å². The largest absolute Gasteiger partial charge is 0.493 e. The molecule has 0 saturated heterocycles. The molecule has 0 unspecified atom stereocenters. The molecule has 4 aromatic heterocycles. The fraction of sp³-hybridized carbons (Fsp3) is 0.238. The van der Waals surface area contributed by atoms with E-state index in [1.54, 1.807) is 24.9 Å². The Bertz CT molecular complexity index is 1430. The first-order chi connectivity index (χ1) is 15.0. The topological polar surface area (TPSA) is 74.4 Å². The molecule has 1 atom stereocenters. The molecule has 5 aromatic rings. The summed E-state index contributed by atoms with van der Waals surface area (Å²) in [6.45, 7) is 3.63. The van der Waals surface area contributed by atoms with Crippen LogP contribution in [-0.2, 0) is 0 Å². The molecule has 0 bridgehead atoms. The number of para-hydroxylation sites is 2.